The number of hydrogen-bond acceptors (Lipinski definition) is 4. The first-order valence-corrected chi connectivity index (χ1v) is 5.74. The maximum atomic E-state index is 8.82. The summed E-state index contributed by atoms with van der Waals surface area (Å²) in [6.45, 7) is 4.81. The van der Waals surface area contributed by atoms with E-state index in [1.54, 1.807) is 0 Å². The molecule has 0 aromatic carbocycles. The van der Waals surface area contributed by atoms with Crippen molar-refractivity contribution in [2.75, 3.05) is 32.1 Å². The first kappa shape index (κ1) is 12.9. The number of pyridine rings is 1. The van der Waals surface area contributed by atoms with Crippen LogP contribution >= 0.6 is 0 Å². The SMILES string of the molecule is CCCNc1cc(CN(C)CCO)ccn1. The zero-order valence-electron chi connectivity index (χ0n) is 10.1. The van der Waals surface area contributed by atoms with Crippen molar-refractivity contribution >= 4 is 5.82 Å². The third kappa shape index (κ3) is 4.59. The Morgan fingerprint density at radius 2 is 2.31 bits per heavy atom. The summed E-state index contributed by atoms with van der Waals surface area (Å²) in [5.41, 5.74) is 1.21. The van der Waals surface area contributed by atoms with E-state index in [9.17, 15) is 0 Å². The first-order chi connectivity index (χ1) is 7.76. The summed E-state index contributed by atoms with van der Waals surface area (Å²) in [5, 5.41) is 12.1. The average molecular weight is 223 g/mol. The molecule has 1 rings (SSSR count). The molecule has 4 heteroatoms. The molecule has 0 saturated heterocycles. The summed E-state index contributed by atoms with van der Waals surface area (Å²) in [6.07, 6.45) is 2.91. The molecule has 4 nitrogen and oxygen atoms in total. The molecule has 0 aliphatic rings. The van der Waals surface area contributed by atoms with Gasteiger partial charge in [0, 0.05) is 25.8 Å². The Morgan fingerprint density at radius 3 is 3.00 bits per heavy atom. The molecule has 1 aromatic heterocycles. The Hall–Kier alpha value is -1.13. The zero-order chi connectivity index (χ0) is 11.8. The second kappa shape index (κ2) is 7.19. The summed E-state index contributed by atoms with van der Waals surface area (Å²) in [6, 6.07) is 4.06. The summed E-state index contributed by atoms with van der Waals surface area (Å²) in [7, 11) is 2.00. The van der Waals surface area contributed by atoms with E-state index < -0.39 is 0 Å². The lowest BCUT2D eigenvalue weighted by molar-refractivity contribution is 0.217. The number of rotatable bonds is 7. The van der Waals surface area contributed by atoms with Gasteiger partial charge in [-0.15, -0.1) is 0 Å². The standard InChI is InChI=1S/C12H21N3O/c1-3-5-13-12-9-11(4-6-14-12)10-15(2)7-8-16/h4,6,9,16H,3,5,7-8,10H2,1-2H3,(H,13,14). The molecule has 0 saturated carbocycles. The largest absolute Gasteiger partial charge is 0.395 e. The topological polar surface area (TPSA) is 48.4 Å². The van der Waals surface area contributed by atoms with Crippen molar-refractivity contribution in [1.82, 2.24) is 9.88 Å². The van der Waals surface area contributed by atoms with E-state index in [0.29, 0.717) is 6.54 Å². The Bertz CT molecular complexity index is 304. The third-order valence-electron chi connectivity index (χ3n) is 2.31. The van der Waals surface area contributed by atoms with Gasteiger partial charge >= 0.3 is 0 Å². The Labute approximate surface area is 97.3 Å². The molecule has 16 heavy (non-hydrogen) atoms. The van der Waals surface area contributed by atoms with Crippen molar-refractivity contribution < 1.29 is 5.11 Å². The molecule has 0 fully saturated rings. The smallest absolute Gasteiger partial charge is 0.126 e. The van der Waals surface area contributed by atoms with Crippen LogP contribution in [0, 0.1) is 0 Å². The van der Waals surface area contributed by atoms with Crippen molar-refractivity contribution in [2.45, 2.75) is 19.9 Å². The van der Waals surface area contributed by atoms with Crippen LogP contribution in [0.5, 0.6) is 0 Å². The fourth-order valence-corrected chi connectivity index (χ4v) is 1.48. The quantitative estimate of drug-likeness (QED) is 0.732. The molecule has 1 aromatic rings. The zero-order valence-corrected chi connectivity index (χ0v) is 10.1. The molecule has 0 spiro atoms. The van der Waals surface area contributed by atoms with Crippen molar-refractivity contribution in [3.63, 3.8) is 0 Å². The van der Waals surface area contributed by atoms with E-state index in [2.05, 4.69) is 28.2 Å². The monoisotopic (exact) mass is 223 g/mol. The summed E-state index contributed by atoms with van der Waals surface area (Å²) in [4.78, 5) is 6.33. The molecule has 0 aliphatic carbocycles. The lowest BCUT2D eigenvalue weighted by atomic mass is 10.2. The Balaban J connectivity index is 2.52. The number of nitrogens with one attached hydrogen (secondary N) is 1. The van der Waals surface area contributed by atoms with Crippen LogP contribution in [0.25, 0.3) is 0 Å². The molecule has 90 valence electrons. The number of aliphatic hydroxyl groups excluding tert-OH is 1. The van der Waals surface area contributed by atoms with Gasteiger partial charge in [0.15, 0.2) is 0 Å². The second-order valence-electron chi connectivity index (χ2n) is 3.94. The lowest BCUT2D eigenvalue weighted by Crippen LogP contribution is -2.21. The summed E-state index contributed by atoms with van der Waals surface area (Å²) < 4.78 is 0. The second-order valence-corrected chi connectivity index (χ2v) is 3.94. The molecule has 2 N–H and O–H groups in total. The van der Waals surface area contributed by atoms with E-state index >= 15 is 0 Å². The van der Waals surface area contributed by atoms with Gasteiger partial charge < -0.3 is 10.4 Å². The van der Waals surface area contributed by atoms with E-state index in [4.69, 9.17) is 5.11 Å². The van der Waals surface area contributed by atoms with Crippen LogP contribution in [0.1, 0.15) is 18.9 Å². The minimum atomic E-state index is 0.197. The average Bonchev–Trinajstić information content (AvgIpc) is 2.27. The van der Waals surface area contributed by atoms with Crippen LogP contribution < -0.4 is 5.32 Å². The summed E-state index contributed by atoms with van der Waals surface area (Å²) >= 11 is 0. The van der Waals surface area contributed by atoms with Crippen molar-refractivity contribution in [2.24, 2.45) is 0 Å². The maximum absolute atomic E-state index is 8.82. The number of nitrogens with zero attached hydrogens (tertiary/aromatic N) is 2. The molecule has 0 aliphatic heterocycles. The highest BCUT2D eigenvalue weighted by molar-refractivity contribution is 5.37. The van der Waals surface area contributed by atoms with Gasteiger partial charge in [0.1, 0.15) is 5.82 Å². The van der Waals surface area contributed by atoms with E-state index in [1.165, 1.54) is 5.56 Å². The highest BCUT2D eigenvalue weighted by Gasteiger charge is 2.01. The van der Waals surface area contributed by atoms with Gasteiger partial charge in [-0.25, -0.2) is 4.98 Å². The molecule has 0 radical (unpaired) electrons. The van der Waals surface area contributed by atoms with Crippen LogP contribution in [-0.4, -0.2) is 41.7 Å². The minimum Gasteiger partial charge on any atom is -0.395 e. The first-order valence-electron chi connectivity index (χ1n) is 5.74. The maximum Gasteiger partial charge on any atom is 0.126 e. The number of hydrogen-bond donors (Lipinski definition) is 2. The number of aliphatic hydroxyl groups is 1. The van der Waals surface area contributed by atoms with Crippen LogP contribution in [0.2, 0.25) is 0 Å². The van der Waals surface area contributed by atoms with Crippen molar-refractivity contribution in [3.05, 3.63) is 23.9 Å². The Kier molecular flexibility index (Phi) is 5.82. The van der Waals surface area contributed by atoms with Gasteiger partial charge in [-0.05, 0) is 31.2 Å². The van der Waals surface area contributed by atoms with E-state index in [1.807, 2.05) is 19.3 Å². The fourth-order valence-electron chi connectivity index (χ4n) is 1.48. The van der Waals surface area contributed by atoms with E-state index in [-0.39, 0.29) is 6.61 Å². The van der Waals surface area contributed by atoms with Gasteiger partial charge in [0.05, 0.1) is 6.61 Å². The van der Waals surface area contributed by atoms with Crippen LogP contribution in [0.15, 0.2) is 18.3 Å². The highest BCUT2D eigenvalue weighted by atomic mass is 16.3. The Morgan fingerprint density at radius 1 is 1.50 bits per heavy atom. The van der Waals surface area contributed by atoms with Crippen molar-refractivity contribution in [1.29, 1.82) is 0 Å². The van der Waals surface area contributed by atoms with E-state index in [0.717, 1.165) is 25.3 Å². The van der Waals surface area contributed by atoms with Gasteiger partial charge in [-0.1, -0.05) is 6.92 Å². The molecule has 0 bridgehead atoms. The molecule has 1 heterocycles. The van der Waals surface area contributed by atoms with Gasteiger partial charge in [0.25, 0.3) is 0 Å². The third-order valence-corrected chi connectivity index (χ3v) is 2.31. The predicted octanol–water partition coefficient (Wildman–Crippen LogP) is 1.33. The lowest BCUT2D eigenvalue weighted by Gasteiger charge is -2.15. The highest BCUT2D eigenvalue weighted by Crippen LogP contribution is 2.08. The number of anilines is 1. The minimum absolute atomic E-state index is 0.197. The van der Waals surface area contributed by atoms with Gasteiger partial charge in [-0.2, -0.15) is 0 Å². The molecule has 0 atom stereocenters. The normalized spacial score (nSPS) is 10.8. The number of likely N-dealkylation sites (N-methyl/N-ethyl adjacent to an activating group) is 1. The fraction of sp³-hybridized carbons (Fsp3) is 0.583. The molecular formula is C12H21N3O. The predicted molar refractivity (Wildman–Crippen MR) is 66.4 cm³/mol. The van der Waals surface area contributed by atoms with Crippen molar-refractivity contribution in [3.8, 4) is 0 Å². The molecule has 0 amide bonds. The molecule has 0 unspecified atom stereocenters. The van der Waals surface area contributed by atoms with Gasteiger partial charge in [0.2, 0.25) is 0 Å². The van der Waals surface area contributed by atoms with Crippen LogP contribution in [0.4, 0.5) is 5.82 Å². The molecular weight excluding hydrogens is 202 g/mol. The van der Waals surface area contributed by atoms with Gasteiger partial charge in [-0.3, -0.25) is 4.90 Å². The van der Waals surface area contributed by atoms with Crippen LogP contribution in [-0.2, 0) is 6.54 Å². The number of aromatic nitrogens is 1. The van der Waals surface area contributed by atoms with Crippen LogP contribution in [0.3, 0.4) is 0 Å². The summed E-state index contributed by atoms with van der Waals surface area (Å²) in [5.74, 6) is 0.928.